The van der Waals surface area contributed by atoms with Crippen LogP contribution in [-0.4, -0.2) is 28.0 Å². The quantitative estimate of drug-likeness (QED) is 0.840. The predicted octanol–water partition coefficient (Wildman–Crippen LogP) is 3.26. The van der Waals surface area contributed by atoms with Crippen LogP contribution in [0.5, 0.6) is 11.5 Å². The maximum Gasteiger partial charge on any atom is 0.427 e. The minimum Gasteiger partial charge on any atom is -0.507 e. The molecule has 0 saturated heterocycles. The van der Waals surface area contributed by atoms with Crippen LogP contribution in [0.3, 0.4) is 0 Å². The highest BCUT2D eigenvalue weighted by atomic mass is 19.4. The Morgan fingerprint density at radius 2 is 1.80 bits per heavy atom. The highest BCUT2D eigenvalue weighted by molar-refractivity contribution is 5.94. The molecule has 0 saturated carbocycles. The third-order valence-electron chi connectivity index (χ3n) is 2.64. The molecule has 0 aliphatic carbocycles. The molecule has 0 aliphatic heterocycles. The van der Waals surface area contributed by atoms with E-state index in [1.54, 1.807) is 0 Å². The van der Waals surface area contributed by atoms with Gasteiger partial charge in [0.15, 0.2) is 17.2 Å². The second kappa shape index (κ2) is 4.84. The van der Waals surface area contributed by atoms with Crippen LogP contribution in [0.15, 0.2) is 6.07 Å². The summed E-state index contributed by atoms with van der Waals surface area (Å²) in [6, 6.07) is 0.798. The lowest BCUT2D eigenvalue weighted by Gasteiger charge is -2.29. The number of aryl methyl sites for hydroxylation is 1. The fraction of sp³-hybridized carbons (Fsp3) is 0.417. The molecule has 20 heavy (non-hydrogen) atoms. The smallest absolute Gasteiger partial charge is 0.427 e. The van der Waals surface area contributed by atoms with Crippen molar-refractivity contribution < 1.29 is 37.3 Å². The average Bonchev–Trinajstić information content (AvgIpc) is 2.22. The van der Waals surface area contributed by atoms with Gasteiger partial charge in [0.1, 0.15) is 11.3 Å². The van der Waals surface area contributed by atoms with Gasteiger partial charge in [-0.3, -0.25) is 0 Å². The monoisotopic (exact) mass is 296 g/mol. The summed E-state index contributed by atoms with van der Waals surface area (Å²) in [6.07, 6.45) is -4.85. The number of halogens is 4. The molecule has 0 spiro atoms. The van der Waals surface area contributed by atoms with E-state index in [1.807, 2.05) is 0 Å². The number of aromatic carboxylic acids is 1. The Balaban J connectivity index is 3.48. The number of hydrogen-bond acceptors (Lipinski definition) is 3. The SMILES string of the molecule is Cc1cc(O)c(C(=O)O)c(OC(C)(C)C(F)(F)F)c1F. The van der Waals surface area contributed by atoms with E-state index in [2.05, 4.69) is 4.74 Å². The summed E-state index contributed by atoms with van der Waals surface area (Å²) in [6.45, 7) is 2.41. The van der Waals surface area contributed by atoms with Gasteiger partial charge in [-0.15, -0.1) is 0 Å². The molecule has 8 heteroatoms. The highest BCUT2D eigenvalue weighted by Crippen LogP contribution is 2.39. The van der Waals surface area contributed by atoms with Gasteiger partial charge in [0.05, 0.1) is 0 Å². The van der Waals surface area contributed by atoms with Gasteiger partial charge < -0.3 is 14.9 Å². The first-order valence-corrected chi connectivity index (χ1v) is 5.39. The zero-order valence-electron chi connectivity index (χ0n) is 10.8. The summed E-state index contributed by atoms with van der Waals surface area (Å²) in [7, 11) is 0. The van der Waals surface area contributed by atoms with Crippen molar-refractivity contribution in [3.8, 4) is 11.5 Å². The Labute approximate surface area is 111 Å². The Bertz CT molecular complexity index is 549. The Hall–Kier alpha value is -1.99. The molecule has 0 heterocycles. The fourth-order valence-corrected chi connectivity index (χ4v) is 1.36. The largest absolute Gasteiger partial charge is 0.507 e. The predicted molar refractivity (Wildman–Crippen MR) is 60.5 cm³/mol. The molecule has 0 unspecified atom stereocenters. The van der Waals surface area contributed by atoms with Crippen molar-refractivity contribution in [2.45, 2.75) is 32.5 Å². The molecule has 0 bridgehead atoms. The molecule has 0 amide bonds. The average molecular weight is 296 g/mol. The van der Waals surface area contributed by atoms with Crippen LogP contribution in [0, 0.1) is 12.7 Å². The lowest BCUT2D eigenvalue weighted by molar-refractivity contribution is -0.235. The highest BCUT2D eigenvalue weighted by Gasteiger charge is 2.50. The van der Waals surface area contributed by atoms with Crippen LogP contribution in [0.1, 0.15) is 29.8 Å². The number of phenols is 1. The van der Waals surface area contributed by atoms with E-state index in [9.17, 15) is 27.5 Å². The first kappa shape index (κ1) is 16.1. The van der Waals surface area contributed by atoms with Crippen molar-refractivity contribution >= 4 is 5.97 Å². The molecule has 1 rings (SSSR count). The molecule has 2 N–H and O–H groups in total. The number of carbonyl (C=O) groups is 1. The molecular formula is C12H12F4O4. The normalized spacial score (nSPS) is 12.3. The van der Waals surface area contributed by atoms with E-state index in [1.165, 1.54) is 0 Å². The summed E-state index contributed by atoms with van der Waals surface area (Å²) in [5, 5.41) is 18.3. The van der Waals surface area contributed by atoms with Crippen molar-refractivity contribution in [3.05, 3.63) is 23.0 Å². The van der Waals surface area contributed by atoms with Gasteiger partial charge >= 0.3 is 12.1 Å². The lowest BCUT2D eigenvalue weighted by atomic mass is 10.1. The molecule has 0 aliphatic rings. The molecule has 1 aromatic carbocycles. The van der Waals surface area contributed by atoms with Gasteiger partial charge in [0, 0.05) is 0 Å². The summed E-state index contributed by atoms with van der Waals surface area (Å²) in [5.41, 5.74) is -4.11. The minimum atomic E-state index is -4.85. The summed E-state index contributed by atoms with van der Waals surface area (Å²) in [4.78, 5) is 11.0. The van der Waals surface area contributed by atoms with E-state index >= 15 is 0 Å². The topological polar surface area (TPSA) is 66.8 Å². The van der Waals surface area contributed by atoms with Crippen LogP contribution in [-0.2, 0) is 0 Å². The van der Waals surface area contributed by atoms with Crippen molar-refractivity contribution in [1.82, 2.24) is 0 Å². The molecule has 0 aromatic heterocycles. The number of rotatable bonds is 3. The number of aromatic hydroxyl groups is 1. The third kappa shape index (κ3) is 2.78. The molecule has 1 aromatic rings. The van der Waals surface area contributed by atoms with Crippen LogP contribution < -0.4 is 4.74 Å². The van der Waals surface area contributed by atoms with Gasteiger partial charge in [-0.25, -0.2) is 9.18 Å². The van der Waals surface area contributed by atoms with Crippen molar-refractivity contribution in [2.75, 3.05) is 0 Å². The maximum atomic E-state index is 13.9. The van der Waals surface area contributed by atoms with Gasteiger partial charge in [-0.1, -0.05) is 0 Å². The van der Waals surface area contributed by atoms with E-state index in [0.29, 0.717) is 13.8 Å². The third-order valence-corrected chi connectivity index (χ3v) is 2.64. The number of carboxylic acid groups (broad SMARTS) is 1. The number of carboxylic acids is 1. The summed E-state index contributed by atoms with van der Waals surface area (Å²) >= 11 is 0. The van der Waals surface area contributed by atoms with Crippen LogP contribution >= 0.6 is 0 Å². The van der Waals surface area contributed by atoms with Crippen LogP contribution in [0.25, 0.3) is 0 Å². The maximum absolute atomic E-state index is 13.9. The second-order valence-corrected chi connectivity index (χ2v) is 4.65. The van der Waals surface area contributed by atoms with Gasteiger partial charge in [0.25, 0.3) is 0 Å². The molecule has 0 fully saturated rings. The first-order valence-electron chi connectivity index (χ1n) is 5.39. The van der Waals surface area contributed by atoms with E-state index in [4.69, 9.17) is 5.11 Å². The second-order valence-electron chi connectivity index (χ2n) is 4.65. The van der Waals surface area contributed by atoms with Crippen LogP contribution in [0.2, 0.25) is 0 Å². The van der Waals surface area contributed by atoms with Crippen LogP contribution in [0.4, 0.5) is 17.6 Å². The number of ether oxygens (including phenoxy) is 1. The van der Waals surface area contributed by atoms with Crippen molar-refractivity contribution in [2.24, 2.45) is 0 Å². The summed E-state index contributed by atoms with van der Waals surface area (Å²) < 4.78 is 56.5. The molecule has 0 radical (unpaired) electrons. The first-order chi connectivity index (χ1) is 8.88. The number of hydrogen-bond donors (Lipinski definition) is 2. The zero-order valence-corrected chi connectivity index (χ0v) is 10.8. The molecule has 0 atom stereocenters. The van der Waals surface area contributed by atoms with Gasteiger partial charge in [0.2, 0.25) is 0 Å². The van der Waals surface area contributed by atoms with Crippen molar-refractivity contribution in [3.63, 3.8) is 0 Å². The number of alkyl halides is 3. The van der Waals surface area contributed by atoms with E-state index in [0.717, 1.165) is 13.0 Å². The van der Waals surface area contributed by atoms with E-state index in [-0.39, 0.29) is 5.56 Å². The standard InChI is InChI=1S/C12H12F4O4/c1-5-4-6(17)7(10(18)19)9(8(5)13)20-11(2,3)12(14,15)16/h4,17H,1-3H3,(H,18,19). The molecule has 4 nitrogen and oxygen atoms in total. The van der Waals surface area contributed by atoms with Gasteiger partial charge in [-0.2, -0.15) is 13.2 Å². The van der Waals surface area contributed by atoms with E-state index < -0.39 is 40.6 Å². The minimum absolute atomic E-state index is 0.236. The lowest BCUT2D eigenvalue weighted by Crippen LogP contribution is -2.45. The van der Waals surface area contributed by atoms with Crippen molar-refractivity contribution in [1.29, 1.82) is 0 Å². The number of benzene rings is 1. The molecular weight excluding hydrogens is 284 g/mol. The summed E-state index contributed by atoms with van der Waals surface area (Å²) in [5.74, 6) is -5.08. The molecule has 112 valence electrons. The Kier molecular flexibility index (Phi) is 3.89. The Morgan fingerprint density at radius 3 is 2.20 bits per heavy atom. The van der Waals surface area contributed by atoms with Gasteiger partial charge in [-0.05, 0) is 32.4 Å². The zero-order chi connectivity index (χ0) is 15.9. The fourth-order valence-electron chi connectivity index (χ4n) is 1.36. The Morgan fingerprint density at radius 1 is 1.30 bits per heavy atom.